The number of hydrogen-bond acceptors (Lipinski definition) is 0. The molecule has 1 aromatic rings. The summed E-state index contributed by atoms with van der Waals surface area (Å²) in [5.74, 6) is 0.586. The van der Waals surface area contributed by atoms with Gasteiger partial charge in [-0.15, -0.1) is 11.6 Å². The number of alkyl halides is 1. The zero-order chi connectivity index (χ0) is 9.68. The standard InChI is InChI=1S/C11H12Cl2/c1-2-9(8-12)6-10-4-3-5-11(13)7-10/h3-7H,2,8H2,1H3. The van der Waals surface area contributed by atoms with Gasteiger partial charge in [0.05, 0.1) is 0 Å². The third kappa shape index (κ3) is 3.41. The van der Waals surface area contributed by atoms with Crippen LogP contribution in [0.4, 0.5) is 0 Å². The molecule has 0 fully saturated rings. The summed E-state index contributed by atoms with van der Waals surface area (Å²) >= 11 is 11.6. The molecule has 0 nitrogen and oxygen atoms in total. The lowest BCUT2D eigenvalue weighted by Crippen LogP contribution is -1.82. The van der Waals surface area contributed by atoms with E-state index >= 15 is 0 Å². The van der Waals surface area contributed by atoms with Gasteiger partial charge >= 0.3 is 0 Å². The highest BCUT2D eigenvalue weighted by Gasteiger charge is 1.93. The van der Waals surface area contributed by atoms with Crippen molar-refractivity contribution in [3.05, 3.63) is 40.4 Å². The van der Waals surface area contributed by atoms with E-state index in [4.69, 9.17) is 23.2 Å². The molecule has 0 unspecified atom stereocenters. The normalized spacial score (nSPS) is 11.8. The Morgan fingerprint density at radius 1 is 1.46 bits per heavy atom. The van der Waals surface area contributed by atoms with Gasteiger partial charge in [0.2, 0.25) is 0 Å². The van der Waals surface area contributed by atoms with Crippen LogP contribution in [0.3, 0.4) is 0 Å². The highest BCUT2D eigenvalue weighted by molar-refractivity contribution is 6.30. The van der Waals surface area contributed by atoms with Gasteiger partial charge in [0, 0.05) is 10.9 Å². The van der Waals surface area contributed by atoms with Crippen molar-refractivity contribution in [2.24, 2.45) is 0 Å². The Hall–Kier alpha value is -0.460. The largest absolute Gasteiger partial charge is 0.122 e. The van der Waals surface area contributed by atoms with Crippen molar-refractivity contribution < 1.29 is 0 Å². The maximum Gasteiger partial charge on any atom is 0.0436 e. The minimum absolute atomic E-state index is 0.586. The van der Waals surface area contributed by atoms with E-state index in [1.54, 1.807) is 0 Å². The first-order valence-corrected chi connectivity index (χ1v) is 5.18. The van der Waals surface area contributed by atoms with Crippen molar-refractivity contribution >= 4 is 29.3 Å². The molecule has 0 amide bonds. The second kappa shape index (κ2) is 5.31. The molecular formula is C11H12Cl2. The number of rotatable bonds is 3. The van der Waals surface area contributed by atoms with E-state index in [1.165, 1.54) is 5.57 Å². The van der Waals surface area contributed by atoms with Gasteiger partial charge in [-0.2, -0.15) is 0 Å². The summed E-state index contributed by atoms with van der Waals surface area (Å²) in [4.78, 5) is 0. The van der Waals surface area contributed by atoms with E-state index in [2.05, 4.69) is 13.0 Å². The number of halogens is 2. The van der Waals surface area contributed by atoms with Crippen LogP contribution in [0.5, 0.6) is 0 Å². The molecule has 0 radical (unpaired) electrons. The highest BCUT2D eigenvalue weighted by Crippen LogP contribution is 2.15. The predicted molar refractivity (Wildman–Crippen MR) is 60.4 cm³/mol. The van der Waals surface area contributed by atoms with Gasteiger partial charge in [-0.25, -0.2) is 0 Å². The Kier molecular flexibility index (Phi) is 4.34. The van der Waals surface area contributed by atoms with E-state index in [-0.39, 0.29) is 0 Å². The second-order valence-electron chi connectivity index (χ2n) is 2.84. The average molecular weight is 215 g/mol. The number of allylic oxidation sites excluding steroid dienone is 1. The minimum Gasteiger partial charge on any atom is -0.122 e. The first kappa shape index (κ1) is 10.6. The molecule has 13 heavy (non-hydrogen) atoms. The quantitative estimate of drug-likeness (QED) is 0.656. The van der Waals surface area contributed by atoms with Crippen molar-refractivity contribution in [3.63, 3.8) is 0 Å². The van der Waals surface area contributed by atoms with E-state index in [1.807, 2.05) is 24.3 Å². The molecule has 0 heterocycles. The lowest BCUT2D eigenvalue weighted by molar-refractivity contribution is 1.12. The smallest absolute Gasteiger partial charge is 0.0436 e. The van der Waals surface area contributed by atoms with Crippen LogP contribution in [0.25, 0.3) is 6.08 Å². The lowest BCUT2D eigenvalue weighted by atomic mass is 10.1. The number of benzene rings is 1. The van der Waals surface area contributed by atoms with Gasteiger partial charge in [0.15, 0.2) is 0 Å². The lowest BCUT2D eigenvalue weighted by Gasteiger charge is -1.99. The van der Waals surface area contributed by atoms with Crippen molar-refractivity contribution in [1.29, 1.82) is 0 Å². The summed E-state index contributed by atoms with van der Waals surface area (Å²) in [6.07, 6.45) is 3.06. The van der Waals surface area contributed by atoms with Gasteiger partial charge < -0.3 is 0 Å². The van der Waals surface area contributed by atoms with Crippen molar-refractivity contribution in [2.75, 3.05) is 5.88 Å². The molecule has 0 saturated carbocycles. The zero-order valence-electron chi connectivity index (χ0n) is 7.56. The van der Waals surface area contributed by atoms with Crippen molar-refractivity contribution in [2.45, 2.75) is 13.3 Å². The van der Waals surface area contributed by atoms with Crippen LogP contribution in [0.15, 0.2) is 29.8 Å². The van der Waals surface area contributed by atoms with E-state index in [9.17, 15) is 0 Å². The van der Waals surface area contributed by atoms with E-state index in [0.717, 1.165) is 17.0 Å². The Morgan fingerprint density at radius 2 is 2.23 bits per heavy atom. The summed E-state index contributed by atoms with van der Waals surface area (Å²) in [6, 6.07) is 7.76. The summed E-state index contributed by atoms with van der Waals surface area (Å²) in [5, 5.41) is 0.763. The maximum atomic E-state index is 5.85. The minimum atomic E-state index is 0.586. The molecule has 0 saturated heterocycles. The molecule has 0 spiro atoms. The molecule has 0 aromatic heterocycles. The van der Waals surface area contributed by atoms with Gasteiger partial charge in [0.25, 0.3) is 0 Å². The molecule has 0 atom stereocenters. The van der Waals surface area contributed by atoms with Crippen LogP contribution >= 0.6 is 23.2 Å². The monoisotopic (exact) mass is 214 g/mol. The van der Waals surface area contributed by atoms with Crippen LogP contribution in [-0.4, -0.2) is 5.88 Å². The Balaban J connectivity index is 2.89. The Morgan fingerprint density at radius 3 is 2.77 bits per heavy atom. The topological polar surface area (TPSA) is 0 Å². The molecule has 0 aliphatic rings. The van der Waals surface area contributed by atoms with Gasteiger partial charge in [-0.3, -0.25) is 0 Å². The summed E-state index contributed by atoms with van der Waals surface area (Å²) < 4.78 is 0. The molecule has 0 bridgehead atoms. The molecular weight excluding hydrogens is 203 g/mol. The fraction of sp³-hybridized carbons (Fsp3) is 0.273. The Bertz CT molecular complexity index is 297. The summed E-state index contributed by atoms with van der Waals surface area (Å²) in [5.41, 5.74) is 2.34. The van der Waals surface area contributed by atoms with E-state index in [0.29, 0.717) is 5.88 Å². The second-order valence-corrected chi connectivity index (χ2v) is 3.55. The molecule has 1 rings (SSSR count). The maximum absolute atomic E-state index is 5.85. The van der Waals surface area contributed by atoms with Crippen molar-refractivity contribution in [1.82, 2.24) is 0 Å². The Labute approximate surface area is 89.2 Å². The third-order valence-electron chi connectivity index (χ3n) is 1.85. The van der Waals surface area contributed by atoms with Gasteiger partial charge in [-0.1, -0.05) is 42.3 Å². The van der Waals surface area contributed by atoms with Crippen LogP contribution in [-0.2, 0) is 0 Å². The molecule has 70 valence electrons. The fourth-order valence-corrected chi connectivity index (χ4v) is 1.53. The van der Waals surface area contributed by atoms with Crippen LogP contribution in [0.1, 0.15) is 18.9 Å². The SMILES string of the molecule is CCC(=Cc1cccc(Cl)c1)CCl. The molecule has 2 heteroatoms. The third-order valence-corrected chi connectivity index (χ3v) is 2.42. The molecule has 0 aliphatic heterocycles. The predicted octanol–water partition coefficient (Wildman–Crippen LogP) is 4.37. The molecule has 0 N–H and O–H groups in total. The summed E-state index contributed by atoms with van der Waals surface area (Å²) in [6.45, 7) is 2.10. The van der Waals surface area contributed by atoms with Crippen LogP contribution in [0.2, 0.25) is 5.02 Å². The van der Waals surface area contributed by atoms with Crippen LogP contribution < -0.4 is 0 Å². The molecule has 1 aromatic carbocycles. The number of hydrogen-bond donors (Lipinski definition) is 0. The molecule has 0 aliphatic carbocycles. The zero-order valence-corrected chi connectivity index (χ0v) is 9.07. The van der Waals surface area contributed by atoms with E-state index < -0.39 is 0 Å². The van der Waals surface area contributed by atoms with Crippen molar-refractivity contribution in [3.8, 4) is 0 Å². The van der Waals surface area contributed by atoms with Gasteiger partial charge in [-0.05, 0) is 24.1 Å². The average Bonchev–Trinajstić information content (AvgIpc) is 2.14. The first-order valence-electron chi connectivity index (χ1n) is 4.27. The van der Waals surface area contributed by atoms with Crippen LogP contribution in [0, 0.1) is 0 Å². The highest BCUT2D eigenvalue weighted by atomic mass is 35.5. The van der Waals surface area contributed by atoms with Gasteiger partial charge in [0.1, 0.15) is 0 Å². The summed E-state index contributed by atoms with van der Waals surface area (Å²) in [7, 11) is 0. The first-order chi connectivity index (χ1) is 6.26. The fourth-order valence-electron chi connectivity index (χ4n) is 1.07.